The highest BCUT2D eigenvalue weighted by atomic mass is 16.5. The molecule has 4 heteroatoms. The largest absolute Gasteiger partial charge is 0.384 e. The van der Waals surface area contributed by atoms with Crippen molar-refractivity contribution in [2.45, 2.75) is 45.2 Å². The smallest absolute Gasteiger partial charge is 0.0967 e. The first-order valence-corrected chi connectivity index (χ1v) is 7.02. The van der Waals surface area contributed by atoms with E-state index in [-0.39, 0.29) is 6.04 Å². The molecule has 0 aliphatic carbocycles. The molecule has 104 valence electrons. The van der Waals surface area contributed by atoms with Crippen molar-refractivity contribution in [3.63, 3.8) is 0 Å². The second-order valence-corrected chi connectivity index (χ2v) is 5.53. The normalized spacial score (nSPS) is 19.9. The number of methoxy groups -OCH3 is 1. The summed E-state index contributed by atoms with van der Waals surface area (Å²) in [6, 6.07) is 2.71. The topological polar surface area (TPSA) is 48.3 Å². The summed E-state index contributed by atoms with van der Waals surface area (Å²) in [5.74, 6) is 0.729. The van der Waals surface area contributed by atoms with E-state index in [4.69, 9.17) is 10.00 Å². The van der Waals surface area contributed by atoms with E-state index in [0.717, 1.165) is 38.6 Å². The average Bonchev–Trinajstić information content (AvgIpc) is 2.36. The second kappa shape index (κ2) is 8.47. The lowest BCUT2D eigenvalue weighted by molar-refractivity contribution is 0.0983. The Morgan fingerprint density at radius 2 is 2.06 bits per heavy atom. The van der Waals surface area contributed by atoms with Gasteiger partial charge < -0.3 is 9.64 Å². The molecule has 1 rings (SSSR count). The minimum Gasteiger partial charge on any atom is -0.384 e. The van der Waals surface area contributed by atoms with Crippen molar-refractivity contribution in [1.82, 2.24) is 10.2 Å². The second-order valence-electron chi connectivity index (χ2n) is 5.53. The molecular formula is C14H27N3O. The van der Waals surface area contributed by atoms with Crippen LogP contribution < -0.4 is 5.32 Å². The average molecular weight is 253 g/mol. The predicted molar refractivity (Wildman–Crippen MR) is 73.3 cm³/mol. The van der Waals surface area contributed by atoms with Crippen LogP contribution in [0.3, 0.4) is 0 Å². The van der Waals surface area contributed by atoms with Crippen LogP contribution >= 0.6 is 0 Å². The van der Waals surface area contributed by atoms with Gasteiger partial charge in [-0.25, -0.2) is 0 Å². The lowest BCUT2D eigenvalue weighted by Gasteiger charge is -2.32. The summed E-state index contributed by atoms with van der Waals surface area (Å²) in [6.07, 6.45) is 3.37. The van der Waals surface area contributed by atoms with Gasteiger partial charge in [-0.3, -0.25) is 5.32 Å². The molecule has 0 aromatic rings. The summed E-state index contributed by atoms with van der Waals surface area (Å²) in [7, 11) is 1.78. The molecule has 0 spiro atoms. The van der Waals surface area contributed by atoms with Crippen molar-refractivity contribution in [3.05, 3.63) is 0 Å². The molecule has 1 fully saturated rings. The number of hydrogen-bond donors (Lipinski definition) is 1. The molecule has 0 radical (unpaired) electrons. The fourth-order valence-electron chi connectivity index (χ4n) is 2.51. The van der Waals surface area contributed by atoms with Gasteiger partial charge >= 0.3 is 0 Å². The fourth-order valence-corrected chi connectivity index (χ4v) is 2.51. The minimum absolute atomic E-state index is 0.0123. The van der Waals surface area contributed by atoms with Crippen molar-refractivity contribution in [3.8, 4) is 6.07 Å². The number of hydrogen-bond acceptors (Lipinski definition) is 4. The number of piperidine rings is 1. The zero-order chi connectivity index (χ0) is 13.4. The van der Waals surface area contributed by atoms with Crippen LogP contribution in [0.25, 0.3) is 0 Å². The molecule has 1 aliphatic rings. The van der Waals surface area contributed by atoms with Crippen LogP contribution in [0.5, 0.6) is 0 Å². The van der Waals surface area contributed by atoms with Gasteiger partial charge in [-0.15, -0.1) is 0 Å². The molecule has 1 aliphatic heterocycles. The quantitative estimate of drug-likeness (QED) is 0.749. The van der Waals surface area contributed by atoms with Crippen molar-refractivity contribution in [2.24, 2.45) is 5.92 Å². The summed E-state index contributed by atoms with van der Waals surface area (Å²) < 4.78 is 5.20. The molecule has 0 bridgehead atoms. The van der Waals surface area contributed by atoms with Gasteiger partial charge in [0.2, 0.25) is 0 Å². The monoisotopic (exact) mass is 253 g/mol. The van der Waals surface area contributed by atoms with Gasteiger partial charge in [-0.05, 0) is 52.1 Å². The first-order chi connectivity index (χ1) is 8.65. The Balaban J connectivity index is 2.18. The van der Waals surface area contributed by atoms with E-state index in [9.17, 15) is 0 Å². The van der Waals surface area contributed by atoms with Crippen LogP contribution in [-0.2, 0) is 4.74 Å². The Labute approximate surface area is 111 Å². The van der Waals surface area contributed by atoms with E-state index in [1.165, 1.54) is 12.8 Å². The van der Waals surface area contributed by atoms with E-state index < -0.39 is 0 Å². The molecule has 0 amide bonds. The Bertz CT molecular complexity index is 254. The Hall–Kier alpha value is -0.630. The number of rotatable bonds is 7. The number of nitrogens with one attached hydrogen (secondary N) is 1. The number of nitrogens with zero attached hydrogens (tertiary/aromatic N) is 2. The Morgan fingerprint density at radius 1 is 1.39 bits per heavy atom. The summed E-state index contributed by atoms with van der Waals surface area (Å²) in [5.41, 5.74) is 0. The minimum atomic E-state index is -0.0123. The molecule has 1 unspecified atom stereocenters. The lowest BCUT2D eigenvalue weighted by atomic mass is 9.97. The SMILES string of the molecule is COCC1CCN(CCC(C#N)NC(C)C)CC1. The van der Waals surface area contributed by atoms with Gasteiger partial charge in [-0.1, -0.05) is 0 Å². The standard InChI is InChI=1S/C14H27N3O/c1-12(2)16-14(10-15)6-9-17-7-4-13(5-8-17)11-18-3/h12-14,16H,4-9,11H2,1-3H3. The van der Waals surface area contributed by atoms with Gasteiger partial charge in [0.1, 0.15) is 0 Å². The maximum atomic E-state index is 9.07. The first-order valence-electron chi connectivity index (χ1n) is 7.02. The van der Waals surface area contributed by atoms with E-state index in [0.29, 0.717) is 6.04 Å². The summed E-state index contributed by atoms with van der Waals surface area (Å²) in [4.78, 5) is 2.47. The molecule has 0 aromatic carbocycles. The summed E-state index contributed by atoms with van der Waals surface area (Å²) >= 11 is 0. The molecule has 0 saturated carbocycles. The summed E-state index contributed by atoms with van der Waals surface area (Å²) in [6.45, 7) is 8.38. The predicted octanol–water partition coefficient (Wildman–Crippen LogP) is 1.63. The molecule has 4 nitrogen and oxygen atoms in total. The van der Waals surface area contributed by atoms with Crippen molar-refractivity contribution in [1.29, 1.82) is 5.26 Å². The van der Waals surface area contributed by atoms with Gasteiger partial charge in [-0.2, -0.15) is 5.26 Å². The molecule has 18 heavy (non-hydrogen) atoms. The zero-order valence-corrected chi connectivity index (χ0v) is 12.0. The fraction of sp³-hybridized carbons (Fsp3) is 0.929. The van der Waals surface area contributed by atoms with Gasteiger partial charge in [0.25, 0.3) is 0 Å². The van der Waals surface area contributed by atoms with E-state index in [2.05, 4.69) is 30.1 Å². The van der Waals surface area contributed by atoms with Gasteiger partial charge in [0.15, 0.2) is 0 Å². The first kappa shape index (κ1) is 15.4. The highest BCUT2D eigenvalue weighted by molar-refractivity contribution is 4.91. The van der Waals surface area contributed by atoms with Crippen molar-refractivity contribution in [2.75, 3.05) is 33.4 Å². The molecule has 1 atom stereocenters. The highest BCUT2D eigenvalue weighted by Gasteiger charge is 2.19. The van der Waals surface area contributed by atoms with Crippen molar-refractivity contribution >= 4 is 0 Å². The van der Waals surface area contributed by atoms with Crippen LogP contribution in [-0.4, -0.2) is 50.3 Å². The van der Waals surface area contributed by atoms with Crippen LogP contribution in [0.15, 0.2) is 0 Å². The maximum Gasteiger partial charge on any atom is 0.0967 e. The van der Waals surface area contributed by atoms with E-state index in [1.807, 2.05) is 0 Å². The van der Waals surface area contributed by atoms with Crippen molar-refractivity contribution < 1.29 is 4.74 Å². The van der Waals surface area contributed by atoms with Crippen LogP contribution in [0, 0.1) is 17.2 Å². The zero-order valence-electron chi connectivity index (χ0n) is 12.0. The Morgan fingerprint density at radius 3 is 2.56 bits per heavy atom. The van der Waals surface area contributed by atoms with E-state index >= 15 is 0 Å². The van der Waals surface area contributed by atoms with Crippen LogP contribution in [0.1, 0.15) is 33.1 Å². The third-order valence-electron chi connectivity index (χ3n) is 3.53. The number of ether oxygens (including phenoxy) is 1. The maximum absolute atomic E-state index is 9.07. The summed E-state index contributed by atoms with van der Waals surface area (Å²) in [5, 5.41) is 12.4. The Kier molecular flexibility index (Phi) is 7.26. The van der Waals surface area contributed by atoms with Crippen LogP contribution in [0.4, 0.5) is 0 Å². The molecular weight excluding hydrogens is 226 g/mol. The lowest BCUT2D eigenvalue weighted by Crippen LogP contribution is -2.40. The van der Waals surface area contributed by atoms with E-state index in [1.54, 1.807) is 7.11 Å². The third kappa shape index (κ3) is 5.81. The third-order valence-corrected chi connectivity index (χ3v) is 3.53. The van der Waals surface area contributed by atoms with Gasteiger partial charge in [0, 0.05) is 26.3 Å². The molecule has 0 aromatic heterocycles. The molecule has 1 N–H and O–H groups in total. The molecule has 1 heterocycles. The molecule has 1 saturated heterocycles. The highest BCUT2D eigenvalue weighted by Crippen LogP contribution is 2.17. The number of likely N-dealkylation sites (tertiary alicyclic amines) is 1. The van der Waals surface area contributed by atoms with Crippen LogP contribution in [0.2, 0.25) is 0 Å². The number of nitriles is 1. The van der Waals surface area contributed by atoms with Gasteiger partial charge in [0.05, 0.1) is 12.1 Å².